The summed E-state index contributed by atoms with van der Waals surface area (Å²) in [6.07, 6.45) is 3.92. The van der Waals surface area contributed by atoms with E-state index in [1.807, 2.05) is 73.1 Å². The van der Waals surface area contributed by atoms with Crippen molar-refractivity contribution in [2.24, 2.45) is 0 Å². The lowest BCUT2D eigenvalue weighted by molar-refractivity contribution is 0.104. The third kappa shape index (κ3) is 2.85. The van der Waals surface area contributed by atoms with Gasteiger partial charge in [-0.15, -0.1) is 11.8 Å². The van der Waals surface area contributed by atoms with Crippen LogP contribution in [0.1, 0.15) is 15.9 Å². The molecule has 0 radical (unpaired) electrons. The average Bonchev–Trinajstić information content (AvgIpc) is 3.07. The second-order valence-corrected chi connectivity index (χ2v) is 6.56. The number of pyridine rings is 1. The smallest absolute Gasteiger partial charge is 0.197 e. The maximum atomic E-state index is 13.2. The maximum Gasteiger partial charge on any atom is 0.197 e. The normalized spacial score (nSPS) is 10.9. The molecule has 3 nitrogen and oxygen atoms in total. The number of fused-ring (bicyclic) bond motifs is 1. The molecule has 122 valence electrons. The van der Waals surface area contributed by atoms with Crippen molar-refractivity contribution in [2.45, 2.75) is 4.90 Å². The molecule has 0 spiro atoms. The second-order valence-electron chi connectivity index (χ2n) is 5.68. The Morgan fingerprint density at radius 2 is 1.64 bits per heavy atom. The molecule has 2 heterocycles. The summed E-state index contributed by atoms with van der Waals surface area (Å²) in [7, 11) is 0. The lowest BCUT2D eigenvalue weighted by atomic mass is 9.98. The van der Waals surface area contributed by atoms with Gasteiger partial charge in [-0.25, -0.2) is 4.52 Å². The van der Waals surface area contributed by atoms with Gasteiger partial charge in [0.2, 0.25) is 0 Å². The third-order valence-electron chi connectivity index (χ3n) is 4.17. The van der Waals surface area contributed by atoms with Gasteiger partial charge in [-0.2, -0.15) is 5.10 Å². The molecule has 2 aromatic carbocycles. The van der Waals surface area contributed by atoms with Crippen LogP contribution in [0.15, 0.2) is 83.9 Å². The fourth-order valence-corrected chi connectivity index (χ4v) is 3.32. The number of carbonyl (C=O) groups is 1. The van der Waals surface area contributed by atoms with Gasteiger partial charge in [0.1, 0.15) is 5.69 Å². The van der Waals surface area contributed by atoms with Gasteiger partial charge < -0.3 is 0 Å². The van der Waals surface area contributed by atoms with Crippen molar-refractivity contribution in [3.8, 4) is 11.3 Å². The van der Waals surface area contributed by atoms with Crippen molar-refractivity contribution < 1.29 is 4.79 Å². The number of hydrogen-bond donors (Lipinski definition) is 0. The van der Waals surface area contributed by atoms with Crippen molar-refractivity contribution in [3.05, 3.63) is 90.1 Å². The summed E-state index contributed by atoms with van der Waals surface area (Å²) < 4.78 is 1.77. The molecule has 0 amide bonds. The number of ketones is 1. The first-order chi connectivity index (χ1) is 12.3. The van der Waals surface area contributed by atoms with Crippen molar-refractivity contribution in [1.29, 1.82) is 0 Å². The Balaban J connectivity index is 1.93. The van der Waals surface area contributed by atoms with Crippen LogP contribution in [0.25, 0.3) is 16.8 Å². The van der Waals surface area contributed by atoms with Gasteiger partial charge in [-0.1, -0.05) is 48.5 Å². The highest BCUT2D eigenvalue weighted by molar-refractivity contribution is 7.98. The van der Waals surface area contributed by atoms with E-state index in [4.69, 9.17) is 0 Å². The highest BCUT2D eigenvalue weighted by atomic mass is 32.2. The Labute approximate surface area is 150 Å². The van der Waals surface area contributed by atoms with Gasteiger partial charge in [0.25, 0.3) is 0 Å². The second kappa shape index (κ2) is 6.57. The standard InChI is InChI=1S/C21H16N2OS/c1-25-17-12-10-15(11-13-17)20-19(18-9-5-6-14-23(18)22-20)21(24)16-7-3-2-4-8-16/h2-14H,1H3. The predicted octanol–water partition coefficient (Wildman–Crippen LogP) is 4.95. The van der Waals surface area contributed by atoms with Gasteiger partial charge in [0.15, 0.2) is 5.78 Å². The van der Waals surface area contributed by atoms with Gasteiger partial charge >= 0.3 is 0 Å². The Morgan fingerprint density at radius 1 is 0.920 bits per heavy atom. The summed E-state index contributed by atoms with van der Waals surface area (Å²) in [6.45, 7) is 0. The summed E-state index contributed by atoms with van der Waals surface area (Å²) in [5, 5.41) is 4.67. The number of aromatic nitrogens is 2. The summed E-state index contributed by atoms with van der Waals surface area (Å²) in [4.78, 5) is 14.4. The molecule has 0 saturated heterocycles. The van der Waals surface area contributed by atoms with Crippen molar-refractivity contribution >= 4 is 23.1 Å². The molecule has 25 heavy (non-hydrogen) atoms. The van der Waals surface area contributed by atoms with Crippen LogP contribution in [0.3, 0.4) is 0 Å². The van der Waals surface area contributed by atoms with Crippen molar-refractivity contribution in [1.82, 2.24) is 9.61 Å². The molecule has 0 unspecified atom stereocenters. The van der Waals surface area contributed by atoms with Crippen LogP contribution >= 0.6 is 11.8 Å². The zero-order valence-corrected chi connectivity index (χ0v) is 14.5. The topological polar surface area (TPSA) is 34.4 Å². The molecule has 4 rings (SSSR count). The zero-order chi connectivity index (χ0) is 17.2. The molecule has 0 aliphatic heterocycles. The molecule has 0 atom stereocenters. The number of rotatable bonds is 4. The van der Waals surface area contributed by atoms with E-state index in [0.717, 1.165) is 11.1 Å². The van der Waals surface area contributed by atoms with E-state index < -0.39 is 0 Å². The van der Waals surface area contributed by atoms with Gasteiger partial charge in [-0.05, 0) is 30.5 Å². The maximum absolute atomic E-state index is 13.2. The van der Waals surface area contributed by atoms with Crippen LogP contribution in [0.2, 0.25) is 0 Å². The highest BCUT2D eigenvalue weighted by Crippen LogP contribution is 2.29. The Hall–Kier alpha value is -2.85. The summed E-state index contributed by atoms with van der Waals surface area (Å²) >= 11 is 1.69. The first-order valence-electron chi connectivity index (χ1n) is 7.99. The molecule has 4 heteroatoms. The quantitative estimate of drug-likeness (QED) is 0.388. The molecular formula is C21H16N2OS. The van der Waals surface area contributed by atoms with E-state index in [-0.39, 0.29) is 5.78 Å². The fraction of sp³-hybridized carbons (Fsp3) is 0.0476. The van der Waals surface area contributed by atoms with E-state index in [0.29, 0.717) is 16.8 Å². The van der Waals surface area contributed by atoms with Crippen LogP contribution in [-0.2, 0) is 0 Å². The predicted molar refractivity (Wildman–Crippen MR) is 102 cm³/mol. The molecule has 4 aromatic rings. The van der Waals surface area contributed by atoms with Crippen LogP contribution < -0.4 is 0 Å². The third-order valence-corrected chi connectivity index (χ3v) is 4.91. The van der Waals surface area contributed by atoms with E-state index >= 15 is 0 Å². The van der Waals surface area contributed by atoms with Gasteiger partial charge in [0.05, 0.1) is 11.1 Å². The van der Waals surface area contributed by atoms with Crippen LogP contribution in [0.5, 0.6) is 0 Å². The summed E-state index contributed by atoms with van der Waals surface area (Å²) in [5.41, 5.74) is 3.79. The fourth-order valence-electron chi connectivity index (χ4n) is 2.91. The highest BCUT2D eigenvalue weighted by Gasteiger charge is 2.21. The molecule has 0 N–H and O–H groups in total. The average molecular weight is 344 g/mol. The minimum absolute atomic E-state index is 0.00857. The number of hydrogen-bond acceptors (Lipinski definition) is 3. The molecule has 0 saturated carbocycles. The van der Waals surface area contributed by atoms with Crippen LogP contribution in [0.4, 0.5) is 0 Å². The molecule has 0 aliphatic carbocycles. The van der Waals surface area contributed by atoms with Crippen molar-refractivity contribution in [3.63, 3.8) is 0 Å². The number of thioether (sulfide) groups is 1. The van der Waals surface area contributed by atoms with E-state index in [1.165, 1.54) is 4.90 Å². The molecule has 0 fully saturated rings. The van der Waals surface area contributed by atoms with Gasteiger partial charge in [0, 0.05) is 22.2 Å². The number of benzene rings is 2. The summed E-state index contributed by atoms with van der Waals surface area (Å²) in [6, 6.07) is 23.3. The number of nitrogens with zero attached hydrogens (tertiary/aromatic N) is 2. The monoisotopic (exact) mass is 344 g/mol. The van der Waals surface area contributed by atoms with E-state index in [9.17, 15) is 4.79 Å². The molecular weight excluding hydrogens is 328 g/mol. The number of carbonyl (C=O) groups excluding carboxylic acids is 1. The van der Waals surface area contributed by atoms with E-state index in [1.54, 1.807) is 16.3 Å². The first kappa shape index (κ1) is 15.7. The molecule has 0 bridgehead atoms. The van der Waals surface area contributed by atoms with E-state index in [2.05, 4.69) is 17.2 Å². The Kier molecular flexibility index (Phi) is 4.12. The lowest BCUT2D eigenvalue weighted by Gasteiger charge is -2.04. The lowest BCUT2D eigenvalue weighted by Crippen LogP contribution is -2.02. The Bertz CT molecular complexity index is 1040. The zero-order valence-electron chi connectivity index (χ0n) is 13.7. The van der Waals surface area contributed by atoms with Crippen LogP contribution in [-0.4, -0.2) is 21.7 Å². The molecule has 2 aromatic heterocycles. The van der Waals surface area contributed by atoms with Crippen molar-refractivity contribution in [2.75, 3.05) is 6.26 Å². The molecule has 0 aliphatic rings. The minimum Gasteiger partial charge on any atom is -0.288 e. The van der Waals surface area contributed by atoms with Crippen LogP contribution in [0, 0.1) is 0 Å². The largest absolute Gasteiger partial charge is 0.288 e. The Morgan fingerprint density at radius 3 is 2.36 bits per heavy atom. The SMILES string of the molecule is CSc1ccc(-c2nn3ccccc3c2C(=O)c2ccccc2)cc1. The summed E-state index contributed by atoms with van der Waals surface area (Å²) in [5.74, 6) is -0.00857. The van der Waals surface area contributed by atoms with Gasteiger partial charge in [-0.3, -0.25) is 4.79 Å². The first-order valence-corrected chi connectivity index (χ1v) is 9.22. The minimum atomic E-state index is -0.00857.